The fourth-order valence-electron chi connectivity index (χ4n) is 2.30. The summed E-state index contributed by atoms with van der Waals surface area (Å²) in [6, 6.07) is 7.94. The molecule has 0 saturated carbocycles. The first-order chi connectivity index (χ1) is 8.15. The lowest BCUT2D eigenvalue weighted by atomic mass is 10.0. The Kier molecular flexibility index (Phi) is 3.67. The van der Waals surface area contributed by atoms with Crippen LogP contribution in [0, 0.1) is 12.8 Å². The van der Waals surface area contributed by atoms with Crippen LogP contribution in [0.25, 0.3) is 0 Å². The molecule has 1 aromatic carbocycles. The van der Waals surface area contributed by atoms with Gasteiger partial charge in [0.15, 0.2) is 0 Å². The SMILES string of the molecule is Cc1cccc(NC(=O)N2CCC[C@H](C)C2)c1. The molecule has 1 aromatic rings. The second-order valence-electron chi connectivity index (χ2n) is 4.99. The fraction of sp³-hybridized carbons (Fsp3) is 0.500. The first-order valence-corrected chi connectivity index (χ1v) is 6.28. The van der Waals surface area contributed by atoms with Crippen LogP contribution in [0.3, 0.4) is 0 Å². The second kappa shape index (κ2) is 5.21. The predicted octanol–water partition coefficient (Wildman–Crippen LogP) is 3.26. The van der Waals surface area contributed by atoms with Gasteiger partial charge in [0.1, 0.15) is 0 Å². The summed E-state index contributed by atoms with van der Waals surface area (Å²) in [6.07, 6.45) is 2.34. The van der Waals surface area contributed by atoms with Crippen LogP contribution in [0.15, 0.2) is 24.3 Å². The number of carbonyl (C=O) groups excluding carboxylic acids is 1. The van der Waals surface area contributed by atoms with Crippen LogP contribution in [-0.2, 0) is 0 Å². The summed E-state index contributed by atoms with van der Waals surface area (Å²) in [4.78, 5) is 14.0. The van der Waals surface area contributed by atoms with Crippen molar-refractivity contribution in [2.24, 2.45) is 5.92 Å². The van der Waals surface area contributed by atoms with E-state index in [1.165, 1.54) is 6.42 Å². The minimum Gasteiger partial charge on any atom is -0.324 e. The van der Waals surface area contributed by atoms with Crippen molar-refractivity contribution in [1.29, 1.82) is 0 Å². The molecular weight excluding hydrogens is 212 g/mol. The number of aryl methyl sites for hydroxylation is 1. The minimum absolute atomic E-state index is 0.0298. The maximum atomic E-state index is 12.0. The standard InChI is InChI=1S/C14H20N2O/c1-11-5-3-7-13(9-11)15-14(17)16-8-4-6-12(2)10-16/h3,5,7,9,12H,4,6,8,10H2,1-2H3,(H,15,17)/t12-/m0/s1. The summed E-state index contributed by atoms with van der Waals surface area (Å²) in [5.41, 5.74) is 2.04. The van der Waals surface area contributed by atoms with E-state index >= 15 is 0 Å². The zero-order valence-electron chi connectivity index (χ0n) is 10.6. The Morgan fingerprint density at radius 3 is 3.00 bits per heavy atom. The zero-order chi connectivity index (χ0) is 12.3. The molecule has 1 heterocycles. The van der Waals surface area contributed by atoms with E-state index in [0.717, 1.165) is 30.8 Å². The highest BCUT2D eigenvalue weighted by atomic mass is 16.2. The van der Waals surface area contributed by atoms with Crippen LogP contribution in [0.1, 0.15) is 25.3 Å². The molecule has 1 aliphatic rings. The molecule has 0 unspecified atom stereocenters. The molecule has 3 nitrogen and oxygen atoms in total. The zero-order valence-corrected chi connectivity index (χ0v) is 10.6. The maximum Gasteiger partial charge on any atom is 0.321 e. The van der Waals surface area contributed by atoms with Crippen molar-refractivity contribution >= 4 is 11.7 Å². The molecule has 0 bridgehead atoms. The van der Waals surface area contributed by atoms with Crippen LogP contribution in [0.5, 0.6) is 0 Å². The number of nitrogens with one attached hydrogen (secondary N) is 1. The fourth-order valence-corrected chi connectivity index (χ4v) is 2.30. The van der Waals surface area contributed by atoms with Crippen molar-refractivity contribution in [2.45, 2.75) is 26.7 Å². The van der Waals surface area contributed by atoms with Crippen LogP contribution in [0.2, 0.25) is 0 Å². The van der Waals surface area contributed by atoms with Crippen molar-refractivity contribution in [3.63, 3.8) is 0 Å². The average molecular weight is 232 g/mol. The summed E-state index contributed by atoms with van der Waals surface area (Å²) in [5.74, 6) is 0.618. The van der Waals surface area contributed by atoms with Gasteiger partial charge in [-0.05, 0) is 43.4 Å². The quantitative estimate of drug-likeness (QED) is 0.792. The Balaban J connectivity index is 1.96. The maximum absolute atomic E-state index is 12.0. The van der Waals surface area contributed by atoms with Crippen LogP contribution < -0.4 is 5.32 Å². The van der Waals surface area contributed by atoms with E-state index in [1.54, 1.807) is 0 Å². The molecule has 1 atom stereocenters. The molecule has 0 radical (unpaired) electrons. The molecule has 1 fully saturated rings. The molecule has 0 aromatic heterocycles. The highest BCUT2D eigenvalue weighted by Gasteiger charge is 2.20. The molecule has 3 heteroatoms. The first-order valence-electron chi connectivity index (χ1n) is 6.28. The van der Waals surface area contributed by atoms with Gasteiger partial charge in [-0.3, -0.25) is 0 Å². The van der Waals surface area contributed by atoms with Gasteiger partial charge < -0.3 is 10.2 Å². The number of benzene rings is 1. The van der Waals surface area contributed by atoms with Crippen LogP contribution in [-0.4, -0.2) is 24.0 Å². The van der Waals surface area contributed by atoms with Crippen molar-refractivity contribution in [2.75, 3.05) is 18.4 Å². The van der Waals surface area contributed by atoms with E-state index in [2.05, 4.69) is 12.2 Å². The number of anilines is 1. The third-order valence-corrected chi connectivity index (χ3v) is 3.21. The highest BCUT2D eigenvalue weighted by Crippen LogP contribution is 2.17. The third kappa shape index (κ3) is 3.22. The topological polar surface area (TPSA) is 32.3 Å². The lowest BCUT2D eigenvalue weighted by Gasteiger charge is -2.30. The summed E-state index contributed by atoms with van der Waals surface area (Å²) in [6.45, 7) is 5.98. The normalized spacial score (nSPS) is 20.1. The smallest absolute Gasteiger partial charge is 0.321 e. The third-order valence-electron chi connectivity index (χ3n) is 3.21. The Hall–Kier alpha value is -1.51. The number of hydrogen-bond acceptors (Lipinski definition) is 1. The number of hydrogen-bond donors (Lipinski definition) is 1. The van der Waals surface area contributed by atoms with Crippen LogP contribution >= 0.6 is 0 Å². The molecule has 1 aliphatic heterocycles. The second-order valence-corrected chi connectivity index (χ2v) is 4.99. The lowest BCUT2D eigenvalue weighted by Crippen LogP contribution is -2.41. The van der Waals surface area contributed by atoms with Gasteiger partial charge in [0.05, 0.1) is 0 Å². The van der Waals surface area contributed by atoms with Crippen molar-refractivity contribution < 1.29 is 4.79 Å². The average Bonchev–Trinajstić information content (AvgIpc) is 2.29. The number of urea groups is 1. The van der Waals surface area contributed by atoms with Crippen LogP contribution in [0.4, 0.5) is 10.5 Å². The summed E-state index contributed by atoms with van der Waals surface area (Å²) in [7, 11) is 0. The van der Waals surface area contributed by atoms with Gasteiger partial charge in [0.25, 0.3) is 0 Å². The molecule has 0 aliphatic carbocycles. The van der Waals surface area contributed by atoms with E-state index in [-0.39, 0.29) is 6.03 Å². The predicted molar refractivity (Wildman–Crippen MR) is 70.2 cm³/mol. The minimum atomic E-state index is 0.0298. The van der Waals surface area contributed by atoms with Gasteiger partial charge in [0.2, 0.25) is 0 Å². The number of likely N-dealkylation sites (tertiary alicyclic amines) is 1. The number of carbonyl (C=O) groups is 1. The monoisotopic (exact) mass is 232 g/mol. The van der Waals surface area contributed by atoms with Crippen molar-refractivity contribution in [3.8, 4) is 0 Å². The molecule has 2 amide bonds. The molecule has 0 spiro atoms. The largest absolute Gasteiger partial charge is 0.324 e. The van der Waals surface area contributed by atoms with E-state index < -0.39 is 0 Å². The number of rotatable bonds is 1. The molecule has 2 rings (SSSR count). The van der Waals surface area contributed by atoms with Crippen molar-refractivity contribution in [1.82, 2.24) is 4.90 Å². The molecular formula is C14H20N2O. The van der Waals surface area contributed by atoms with Gasteiger partial charge in [-0.1, -0.05) is 19.1 Å². The molecule has 17 heavy (non-hydrogen) atoms. The first kappa shape index (κ1) is 12.0. The number of nitrogens with zero attached hydrogens (tertiary/aromatic N) is 1. The Labute approximate surface area is 103 Å². The summed E-state index contributed by atoms with van der Waals surface area (Å²) >= 11 is 0. The number of amides is 2. The number of piperidine rings is 1. The van der Waals surface area contributed by atoms with Crippen molar-refractivity contribution in [3.05, 3.63) is 29.8 Å². The summed E-state index contributed by atoms with van der Waals surface area (Å²) < 4.78 is 0. The van der Waals surface area contributed by atoms with Gasteiger partial charge in [0, 0.05) is 18.8 Å². The van der Waals surface area contributed by atoms with E-state index in [0.29, 0.717) is 5.92 Å². The van der Waals surface area contributed by atoms with Gasteiger partial charge in [-0.25, -0.2) is 4.79 Å². The van der Waals surface area contributed by atoms with E-state index in [1.807, 2.05) is 36.1 Å². The highest BCUT2D eigenvalue weighted by molar-refractivity contribution is 5.89. The van der Waals surface area contributed by atoms with E-state index in [4.69, 9.17) is 0 Å². The summed E-state index contributed by atoms with van der Waals surface area (Å²) in [5, 5.41) is 2.96. The van der Waals surface area contributed by atoms with Gasteiger partial charge in [-0.2, -0.15) is 0 Å². The lowest BCUT2D eigenvalue weighted by molar-refractivity contribution is 0.182. The molecule has 1 N–H and O–H groups in total. The molecule has 1 saturated heterocycles. The Morgan fingerprint density at radius 1 is 1.47 bits per heavy atom. The Bertz CT molecular complexity index is 403. The molecule has 92 valence electrons. The van der Waals surface area contributed by atoms with E-state index in [9.17, 15) is 4.79 Å². The van der Waals surface area contributed by atoms with Gasteiger partial charge >= 0.3 is 6.03 Å². The van der Waals surface area contributed by atoms with Gasteiger partial charge in [-0.15, -0.1) is 0 Å². The Morgan fingerprint density at radius 2 is 2.29 bits per heavy atom.